The van der Waals surface area contributed by atoms with Crippen LogP contribution in [0.3, 0.4) is 0 Å². The monoisotopic (exact) mass is 638 g/mol. The maximum Gasteiger partial charge on any atom is 0.0547 e. The van der Waals surface area contributed by atoms with E-state index in [2.05, 4.69) is 216 Å². The van der Waals surface area contributed by atoms with Crippen molar-refractivity contribution in [2.24, 2.45) is 0 Å². The topological polar surface area (TPSA) is 8.17 Å². The summed E-state index contributed by atoms with van der Waals surface area (Å²) in [6, 6.07) is 73.9. The number of para-hydroxylation sites is 3. The Morgan fingerprint density at radius 3 is 1.50 bits per heavy atom. The maximum atomic E-state index is 2.38. The van der Waals surface area contributed by atoms with E-state index in [1.54, 1.807) is 0 Å². The summed E-state index contributed by atoms with van der Waals surface area (Å²) in [5.41, 5.74) is 14.2. The molecule has 0 radical (unpaired) electrons. The Hall–Kier alpha value is -6.64. The molecule has 9 aromatic rings. The number of hydrogen-bond acceptors (Lipinski definition) is 1. The average Bonchev–Trinajstić information content (AvgIpc) is 3.54. The number of fused-ring (bicyclic) bond motifs is 3. The number of nitrogens with zero attached hydrogens (tertiary/aromatic N) is 2. The van der Waals surface area contributed by atoms with E-state index in [4.69, 9.17) is 0 Å². The van der Waals surface area contributed by atoms with Crippen LogP contribution in [0.1, 0.15) is 0 Å². The van der Waals surface area contributed by atoms with Gasteiger partial charge in [0.05, 0.1) is 11.0 Å². The summed E-state index contributed by atoms with van der Waals surface area (Å²) in [5.74, 6) is 0. The standard InChI is InChI=1S/C48H34N2/c1-4-14-35(15-5-1)36-26-30-42(31-27-36)49(40-18-6-2-7-19-40)43-32-28-37(29-33-43)38-16-12-17-39(34-38)44-23-13-25-47-48(44)45-22-10-11-24-46(45)50(47)41-20-8-3-9-21-41/h1-34H. The molecule has 1 heterocycles. The van der Waals surface area contributed by atoms with E-state index in [0.717, 1.165) is 17.1 Å². The highest BCUT2D eigenvalue weighted by Crippen LogP contribution is 2.40. The zero-order valence-corrected chi connectivity index (χ0v) is 27.5. The van der Waals surface area contributed by atoms with Gasteiger partial charge in [-0.1, -0.05) is 140 Å². The van der Waals surface area contributed by atoms with Crippen molar-refractivity contribution in [2.75, 3.05) is 4.90 Å². The van der Waals surface area contributed by atoms with Gasteiger partial charge in [0, 0.05) is 33.5 Å². The van der Waals surface area contributed by atoms with Gasteiger partial charge in [-0.25, -0.2) is 0 Å². The Labute approximate surface area is 292 Å². The predicted octanol–water partition coefficient (Wildman–Crippen LogP) is 13.3. The van der Waals surface area contributed by atoms with Crippen LogP contribution in [0.5, 0.6) is 0 Å². The van der Waals surface area contributed by atoms with Crippen LogP contribution in [0.25, 0.3) is 60.9 Å². The second-order valence-corrected chi connectivity index (χ2v) is 12.6. The van der Waals surface area contributed by atoms with Crippen molar-refractivity contribution in [1.29, 1.82) is 0 Å². The third kappa shape index (κ3) is 5.34. The van der Waals surface area contributed by atoms with Crippen molar-refractivity contribution in [2.45, 2.75) is 0 Å². The molecule has 8 aromatic carbocycles. The van der Waals surface area contributed by atoms with E-state index < -0.39 is 0 Å². The van der Waals surface area contributed by atoms with Gasteiger partial charge in [0.25, 0.3) is 0 Å². The minimum absolute atomic E-state index is 1.11. The van der Waals surface area contributed by atoms with Gasteiger partial charge >= 0.3 is 0 Å². The minimum atomic E-state index is 1.11. The lowest BCUT2D eigenvalue weighted by molar-refractivity contribution is 1.18. The van der Waals surface area contributed by atoms with E-state index in [-0.39, 0.29) is 0 Å². The molecule has 1 aromatic heterocycles. The third-order valence-corrected chi connectivity index (χ3v) is 9.59. The molecule has 0 atom stereocenters. The van der Waals surface area contributed by atoms with E-state index >= 15 is 0 Å². The fraction of sp³-hybridized carbons (Fsp3) is 0. The van der Waals surface area contributed by atoms with Crippen molar-refractivity contribution in [3.8, 4) is 39.1 Å². The average molecular weight is 639 g/mol. The van der Waals surface area contributed by atoms with Crippen LogP contribution >= 0.6 is 0 Å². The normalized spacial score (nSPS) is 11.2. The summed E-state index contributed by atoms with van der Waals surface area (Å²) < 4.78 is 2.38. The van der Waals surface area contributed by atoms with Gasteiger partial charge in [-0.05, 0) is 100 Å². The first-order valence-corrected chi connectivity index (χ1v) is 17.1. The number of hydrogen-bond donors (Lipinski definition) is 0. The predicted molar refractivity (Wildman–Crippen MR) is 212 cm³/mol. The van der Waals surface area contributed by atoms with Crippen molar-refractivity contribution in [1.82, 2.24) is 4.57 Å². The van der Waals surface area contributed by atoms with Crippen LogP contribution in [-0.4, -0.2) is 4.57 Å². The number of aromatic nitrogens is 1. The Morgan fingerprint density at radius 1 is 0.320 bits per heavy atom. The lowest BCUT2D eigenvalue weighted by Crippen LogP contribution is -2.09. The molecule has 2 nitrogen and oxygen atoms in total. The van der Waals surface area contributed by atoms with E-state index in [1.165, 1.54) is 60.9 Å². The zero-order valence-electron chi connectivity index (χ0n) is 27.5. The molecule has 0 unspecified atom stereocenters. The fourth-order valence-corrected chi connectivity index (χ4v) is 7.24. The molecular weight excluding hydrogens is 605 g/mol. The molecule has 0 aliphatic carbocycles. The van der Waals surface area contributed by atoms with E-state index in [9.17, 15) is 0 Å². The summed E-state index contributed by atoms with van der Waals surface area (Å²) >= 11 is 0. The highest BCUT2D eigenvalue weighted by molar-refractivity contribution is 6.15. The fourth-order valence-electron chi connectivity index (χ4n) is 7.24. The van der Waals surface area contributed by atoms with Gasteiger partial charge in [0.15, 0.2) is 0 Å². The molecule has 0 saturated carbocycles. The summed E-state index contributed by atoms with van der Waals surface area (Å²) in [4.78, 5) is 2.32. The van der Waals surface area contributed by atoms with Crippen molar-refractivity contribution < 1.29 is 0 Å². The molecule has 0 bridgehead atoms. The highest BCUT2D eigenvalue weighted by atomic mass is 15.1. The molecule has 2 heteroatoms. The summed E-state index contributed by atoms with van der Waals surface area (Å²) in [6.07, 6.45) is 0. The first-order chi connectivity index (χ1) is 24.8. The minimum Gasteiger partial charge on any atom is -0.311 e. The SMILES string of the molecule is c1ccc(-c2ccc(N(c3ccccc3)c3ccc(-c4cccc(-c5cccc6c5c5ccccc5n6-c5ccccc5)c4)cc3)cc2)cc1. The maximum absolute atomic E-state index is 2.38. The van der Waals surface area contributed by atoms with Gasteiger partial charge in [-0.2, -0.15) is 0 Å². The summed E-state index contributed by atoms with van der Waals surface area (Å²) in [7, 11) is 0. The molecule has 0 aliphatic rings. The Kier molecular flexibility index (Phi) is 7.53. The first kappa shape index (κ1) is 29.5. The number of benzene rings is 8. The quantitative estimate of drug-likeness (QED) is 0.169. The molecular formula is C48H34N2. The zero-order chi connectivity index (χ0) is 33.3. The van der Waals surface area contributed by atoms with Crippen LogP contribution in [0.15, 0.2) is 206 Å². The Balaban J connectivity index is 1.09. The highest BCUT2D eigenvalue weighted by Gasteiger charge is 2.17. The van der Waals surface area contributed by atoms with Gasteiger partial charge < -0.3 is 9.47 Å². The first-order valence-electron chi connectivity index (χ1n) is 17.1. The van der Waals surface area contributed by atoms with Crippen LogP contribution in [-0.2, 0) is 0 Å². The van der Waals surface area contributed by atoms with Crippen LogP contribution < -0.4 is 4.90 Å². The van der Waals surface area contributed by atoms with Crippen molar-refractivity contribution in [3.63, 3.8) is 0 Å². The van der Waals surface area contributed by atoms with E-state index in [1.807, 2.05) is 0 Å². The number of anilines is 3. The van der Waals surface area contributed by atoms with Gasteiger partial charge in [-0.3, -0.25) is 0 Å². The van der Waals surface area contributed by atoms with Gasteiger partial charge in [-0.15, -0.1) is 0 Å². The number of rotatable bonds is 7. The van der Waals surface area contributed by atoms with Crippen LogP contribution in [0.4, 0.5) is 17.1 Å². The molecule has 0 amide bonds. The van der Waals surface area contributed by atoms with Gasteiger partial charge in [0.2, 0.25) is 0 Å². The van der Waals surface area contributed by atoms with Gasteiger partial charge in [0.1, 0.15) is 0 Å². The third-order valence-electron chi connectivity index (χ3n) is 9.59. The Morgan fingerprint density at radius 2 is 0.800 bits per heavy atom. The van der Waals surface area contributed by atoms with Crippen LogP contribution in [0, 0.1) is 0 Å². The molecule has 0 N–H and O–H groups in total. The largest absolute Gasteiger partial charge is 0.311 e. The van der Waals surface area contributed by atoms with Crippen molar-refractivity contribution >= 4 is 38.9 Å². The molecule has 9 rings (SSSR count). The molecule has 0 aliphatic heterocycles. The van der Waals surface area contributed by atoms with Crippen molar-refractivity contribution in [3.05, 3.63) is 206 Å². The second-order valence-electron chi connectivity index (χ2n) is 12.6. The van der Waals surface area contributed by atoms with Crippen LogP contribution in [0.2, 0.25) is 0 Å². The molecule has 0 spiro atoms. The van der Waals surface area contributed by atoms with E-state index in [0.29, 0.717) is 0 Å². The summed E-state index contributed by atoms with van der Waals surface area (Å²) in [5, 5.41) is 2.53. The molecule has 0 saturated heterocycles. The lowest BCUT2D eigenvalue weighted by atomic mass is 9.95. The lowest BCUT2D eigenvalue weighted by Gasteiger charge is -2.26. The Bertz CT molecular complexity index is 2550. The second kappa shape index (κ2) is 12.8. The molecule has 50 heavy (non-hydrogen) atoms. The summed E-state index contributed by atoms with van der Waals surface area (Å²) in [6.45, 7) is 0. The molecule has 236 valence electrons. The molecule has 0 fully saturated rings. The smallest absolute Gasteiger partial charge is 0.0547 e.